The molecule has 0 radical (unpaired) electrons. The third-order valence-corrected chi connectivity index (χ3v) is 4.31. The molecule has 0 atom stereocenters. The fourth-order valence-corrected chi connectivity index (χ4v) is 3.28. The quantitative estimate of drug-likeness (QED) is 0.788. The van der Waals surface area contributed by atoms with Crippen molar-refractivity contribution in [2.45, 2.75) is 19.8 Å². The Kier molecular flexibility index (Phi) is 6.69. The molecule has 0 spiro atoms. The number of carbonyl (C=O) groups is 2. The highest BCUT2D eigenvalue weighted by molar-refractivity contribution is 6.35. The van der Waals surface area contributed by atoms with Crippen LogP contribution in [0.5, 0.6) is 0 Å². The molecule has 1 aliphatic heterocycles. The van der Waals surface area contributed by atoms with Gasteiger partial charge in [0.15, 0.2) is 6.54 Å². The molecule has 1 aromatic carbocycles. The second-order valence-electron chi connectivity index (χ2n) is 5.66. The number of benzene rings is 1. The Labute approximate surface area is 145 Å². The van der Waals surface area contributed by atoms with E-state index in [0.717, 1.165) is 30.8 Å². The van der Waals surface area contributed by atoms with Crippen LogP contribution in [-0.4, -0.2) is 38.1 Å². The lowest BCUT2D eigenvalue weighted by atomic mass is 9.97. The third-order valence-electron chi connectivity index (χ3n) is 3.87. The van der Waals surface area contributed by atoms with E-state index in [1.54, 1.807) is 18.2 Å². The molecule has 23 heavy (non-hydrogen) atoms. The maximum absolute atomic E-state index is 12.1. The van der Waals surface area contributed by atoms with Crippen LogP contribution in [0.25, 0.3) is 0 Å². The fraction of sp³-hybridized carbons (Fsp3) is 0.500. The smallest absolute Gasteiger partial charge is 0.309 e. The molecule has 1 heterocycles. The van der Waals surface area contributed by atoms with Gasteiger partial charge in [-0.2, -0.15) is 0 Å². The second kappa shape index (κ2) is 8.52. The highest BCUT2D eigenvalue weighted by Crippen LogP contribution is 2.22. The Balaban J connectivity index is 1.79. The lowest BCUT2D eigenvalue weighted by Gasteiger charge is -2.27. The van der Waals surface area contributed by atoms with Crippen LogP contribution in [0.3, 0.4) is 0 Å². The van der Waals surface area contributed by atoms with Gasteiger partial charge in [-0.25, -0.2) is 0 Å². The van der Waals surface area contributed by atoms with Gasteiger partial charge in [-0.15, -0.1) is 0 Å². The Hall–Kier alpha value is -1.30. The van der Waals surface area contributed by atoms with Crippen LogP contribution in [0.2, 0.25) is 10.0 Å². The molecule has 0 saturated carbocycles. The third kappa shape index (κ3) is 5.68. The van der Waals surface area contributed by atoms with Crippen LogP contribution in [-0.2, 0) is 14.3 Å². The monoisotopic (exact) mass is 359 g/mol. The summed E-state index contributed by atoms with van der Waals surface area (Å²) >= 11 is 11.8. The van der Waals surface area contributed by atoms with Crippen LogP contribution in [0.15, 0.2) is 18.2 Å². The molecular formula is C16H21Cl2N2O3+. The Morgan fingerprint density at radius 2 is 1.83 bits per heavy atom. The van der Waals surface area contributed by atoms with Crippen molar-refractivity contribution >= 4 is 40.8 Å². The van der Waals surface area contributed by atoms with Crippen molar-refractivity contribution in [3.8, 4) is 0 Å². The van der Waals surface area contributed by atoms with E-state index in [-0.39, 0.29) is 17.8 Å². The zero-order chi connectivity index (χ0) is 16.8. The first-order chi connectivity index (χ1) is 11.0. The largest absolute Gasteiger partial charge is 0.466 e. The van der Waals surface area contributed by atoms with E-state index in [9.17, 15) is 9.59 Å². The molecule has 0 unspecified atom stereocenters. The van der Waals surface area contributed by atoms with Gasteiger partial charge in [0.05, 0.1) is 25.6 Å². The molecule has 1 fully saturated rings. The van der Waals surface area contributed by atoms with E-state index < -0.39 is 0 Å². The molecule has 0 aromatic heterocycles. The summed E-state index contributed by atoms with van der Waals surface area (Å²) in [6, 6.07) is 4.94. The maximum atomic E-state index is 12.1. The molecular weight excluding hydrogens is 339 g/mol. The number of nitrogens with one attached hydrogen (secondary N) is 2. The van der Waals surface area contributed by atoms with Crippen molar-refractivity contribution in [1.29, 1.82) is 0 Å². The van der Waals surface area contributed by atoms with E-state index in [1.807, 2.05) is 6.92 Å². The first-order valence-electron chi connectivity index (χ1n) is 7.74. The van der Waals surface area contributed by atoms with Crippen LogP contribution in [0.1, 0.15) is 19.8 Å². The number of hydrogen-bond acceptors (Lipinski definition) is 3. The summed E-state index contributed by atoms with van der Waals surface area (Å²) < 4.78 is 5.05. The van der Waals surface area contributed by atoms with Gasteiger partial charge in [-0.3, -0.25) is 9.59 Å². The lowest BCUT2D eigenvalue weighted by molar-refractivity contribution is -0.897. The van der Waals surface area contributed by atoms with Crippen LogP contribution >= 0.6 is 23.2 Å². The summed E-state index contributed by atoms with van der Waals surface area (Å²) in [7, 11) is 0. The zero-order valence-corrected chi connectivity index (χ0v) is 14.5. The molecule has 2 N–H and O–H groups in total. The van der Waals surface area contributed by atoms with Gasteiger partial charge in [0, 0.05) is 28.6 Å². The minimum absolute atomic E-state index is 0.0338. The minimum Gasteiger partial charge on any atom is -0.466 e. The Morgan fingerprint density at radius 3 is 2.39 bits per heavy atom. The summed E-state index contributed by atoms with van der Waals surface area (Å²) in [5.74, 6) is -0.244. The first-order valence-corrected chi connectivity index (χ1v) is 8.49. The number of hydrogen-bond donors (Lipinski definition) is 2. The number of halogens is 2. The second-order valence-corrected chi connectivity index (χ2v) is 6.53. The number of quaternary nitrogens is 1. The predicted octanol–water partition coefficient (Wildman–Crippen LogP) is 1.79. The molecule has 1 aliphatic rings. The molecule has 0 aliphatic carbocycles. The van der Waals surface area contributed by atoms with Gasteiger partial charge in [0.25, 0.3) is 5.91 Å². The molecule has 126 valence electrons. The number of esters is 1. The van der Waals surface area contributed by atoms with Crippen molar-refractivity contribution in [2.24, 2.45) is 5.92 Å². The van der Waals surface area contributed by atoms with Gasteiger partial charge in [-0.05, 0) is 25.1 Å². The number of carbonyl (C=O) groups excluding carboxylic acids is 2. The van der Waals surface area contributed by atoms with Gasteiger partial charge < -0.3 is 15.0 Å². The first kappa shape index (κ1) is 18.0. The highest BCUT2D eigenvalue weighted by atomic mass is 35.5. The molecule has 5 nitrogen and oxygen atoms in total. The SMILES string of the molecule is CCOC(=O)C1CC[NH+](CC(=O)Nc2cc(Cl)cc(Cl)c2)CC1. The summed E-state index contributed by atoms with van der Waals surface area (Å²) in [4.78, 5) is 25.0. The van der Waals surface area contributed by atoms with Gasteiger partial charge >= 0.3 is 5.97 Å². The summed E-state index contributed by atoms with van der Waals surface area (Å²) in [6.45, 7) is 4.15. The van der Waals surface area contributed by atoms with Gasteiger partial charge in [0.1, 0.15) is 0 Å². The van der Waals surface area contributed by atoms with Crippen molar-refractivity contribution in [3.05, 3.63) is 28.2 Å². The van der Waals surface area contributed by atoms with E-state index in [2.05, 4.69) is 5.32 Å². The summed E-state index contributed by atoms with van der Waals surface area (Å²) in [5, 5.41) is 3.77. The van der Waals surface area contributed by atoms with Crippen LogP contribution in [0.4, 0.5) is 5.69 Å². The summed E-state index contributed by atoms with van der Waals surface area (Å²) in [5.41, 5.74) is 0.591. The number of likely N-dealkylation sites (tertiary alicyclic amines) is 1. The average molecular weight is 360 g/mol. The highest BCUT2D eigenvalue weighted by Gasteiger charge is 2.29. The number of amides is 1. The zero-order valence-electron chi connectivity index (χ0n) is 13.0. The Bertz CT molecular complexity index is 552. The van der Waals surface area contributed by atoms with Gasteiger partial charge in [-0.1, -0.05) is 23.2 Å². The summed E-state index contributed by atoms with van der Waals surface area (Å²) in [6.07, 6.45) is 1.51. The molecule has 1 amide bonds. The number of piperidine rings is 1. The molecule has 1 saturated heterocycles. The number of anilines is 1. The normalized spacial score (nSPS) is 20.8. The van der Waals surface area contributed by atoms with Crippen molar-refractivity contribution in [1.82, 2.24) is 0 Å². The molecule has 2 rings (SSSR count). The minimum atomic E-state index is -0.121. The number of ether oxygens (including phenoxy) is 1. The van der Waals surface area contributed by atoms with E-state index in [0.29, 0.717) is 28.9 Å². The van der Waals surface area contributed by atoms with Crippen molar-refractivity contribution in [2.75, 3.05) is 31.6 Å². The topological polar surface area (TPSA) is 59.8 Å². The van der Waals surface area contributed by atoms with E-state index in [1.165, 1.54) is 0 Å². The van der Waals surface area contributed by atoms with Crippen molar-refractivity contribution in [3.63, 3.8) is 0 Å². The predicted molar refractivity (Wildman–Crippen MR) is 90.0 cm³/mol. The molecule has 0 bridgehead atoms. The standard InChI is InChI=1S/C16H20Cl2N2O3/c1-2-23-16(22)11-3-5-20(6-4-11)10-15(21)19-14-8-12(17)7-13(18)9-14/h7-9,11H,2-6,10H2,1H3,(H,19,21)/p+1. The van der Waals surface area contributed by atoms with E-state index >= 15 is 0 Å². The average Bonchev–Trinajstić information content (AvgIpc) is 2.47. The van der Waals surface area contributed by atoms with Crippen LogP contribution in [0, 0.1) is 5.92 Å². The van der Waals surface area contributed by atoms with Crippen molar-refractivity contribution < 1.29 is 19.2 Å². The fourth-order valence-electron chi connectivity index (χ4n) is 2.76. The Morgan fingerprint density at radius 1 is 1.22 bits per heavy atom. The van der Waals surface area contributed by atoms with E-state index in [4.69, 9.17) is 27.9 Å². The maximum Gasteiger partial charge on any atom is 0.309 e. The molecule has 7 heteroatoms. The molecule has 1 aromatic rings. The number of rotatable bonds is 5. The lowest BCUT2D eigenvalue weighted by Crippen LogP contribution is -3.14. The van der Waals surface area contributed by atoms with Crippen LogP contribution < -0.4 is 10.2 Å². The van der Waals surface area contributed by atoms with Gasteiger partial charge in [0.2, 0.25) is 0 Å².